The molecule has 1 rings (SSSR count). The Morgan fingerprint density at radius 2 is 1.89 bits per heavy atom. The molecule has 0 saturated heterocycles. The van der Waals surface area contributed by atoms with Crippen LogP contribution in [0.25, 0.3) is 0 Å². The summed E-state index contributed by atoms with van der Waals surface area (Å²) in [4.78, 5) is 25.0. The number of nitrogens with zero attached hydrogens (tertiary/aromatic N) is 1. The van der Waals surface area contributed by atoms with Crippen LogP contribution in [0.3, 0.4) is 0 Å². The number of unbranched alkanes of at least 4 members (excludes halogenated alkanes) is 1. The van der Waals surface area contributed by atoms with E-state index in [9.17, 15) is 9.59 Å². The molecule has 0 heterocycles. The van der Waals surface area contributed by atoms with Crippen molar-refractivity contribution in [3.8, 4) is 0 Å². The van der Waals surface area contributed by atoms with E-state index in [1.165, 1.54) is 0 Å². The molecule has 0 atom stereocenters. The van der Waals surface area contributed by atoms with E-state index >= 15 is 0 Å². The molecule has 0 spiro atoms. The molecule has 0 aliphatic heterocycles. The van der Waals surface area contributed by atoms with Crippen molar-refractivity contribution in [1.29, 1.82) is 0 Å². The molecular weight excluding hydrogens is 244 g/mol. The van der Waals surface area contributed by atoms with Gasteiger partial charge in [0, 0.05) is 13.1 Å². The van der Waals surface area contributed by atoms with E-state index in [4.69, 9.17) is 5.11 Å². The van der Waals surface area contributed by atoms with E-state index in [0.717, 1.165) is 45.1 Å². The molecule has 0 radical (unpaired) electrons. The Kier molecular flexibility index (Phi) is 6.12. The van der Waals surface area contributed by atoms with Gasteiger partial charge in [-0.3, -0.25) is 4.79 Å². The van der Waals surface area contributed by atoms with E-state index in [1.54, 1.807) is 4.90 Å². The fourth-order valence-corrected chi connectivity index (χ4v) is 2.75. The summed E-state index contributed by atoms with van der Waals surface area (Å²) in [6.45, 7) is 5.44. The summed E-state index contributed by atoms with van der Waals surface area (Å²) in [5.74, 6) is -0.834. The molecule has 1 fully saturated rings. The fraction of sp³-hybridized carbons (Fsp3) is 0.857. The zero-order chi connectivity index (χ0) is 14.3. The van der Waals surface area contributed by atoms with Gasteiger partial charge in [0.2, 0.25) is 0 Å². The maximum Gasteiger partial charge on any atom is 0.317 e. The lowest BCUT2D eigenvalue weighted by Crippen LogP contribution is -2.53. The number of rotatable bonds is 7. The van der Waals surface area contributed by atoms with Crippen LogP contribution < -0.4 is 5.32 Å². The number of carbonyl (C=O) groups is 2. The Labute approximate surface area is 115 Å². The van der Waals surface area contributed by atoms with Crippen LogP contribution in [0.4, 0.5) is 4.79 Å². The Morgan fingerprint density at radius 3 is 2.37 bits per heavy atom. The molecule has 0 unspecified atom stereocenters. The summed E-state index contributed by atoms with van der Waals surface area (Å²) in [6, 6.07) is -0.112. The largest absolute Gasteiger partial charge is 0.481 e. The average molecular weight is 270 g/mol. The molecule has 1 aliphatic carbocycles. The molecule has 1 aliphatic rings. The molecular formula is C14H26N2O3. The highest BCUT2D eigenvalue weighted by Crippen LogP contribution is 2.32. The van der Waals surface area contributed by atoms with Gasteiger partial charge in [-0.15, -0.1) is 0 Å². The Morgan fingerprint density at radius 1 is 1.26 bits per heavy atom. The second-order valence-corrected chi connectivity index (χ2v) is 5.42. The number of carboxylic acid groups (broad SMARTS) is 1. The maximum absolute atomic E-state index is 12.2. The van der Waals surface area contributed by atoms with Gasteiger partial charge in [0.15, 0.2) is 0 Å². The lowest BCUT2D eigenvalue weighted by atomic mass is 9.93. The molecule has 5 nitrogen and oxygen atoms in total. The van der Waals surface area contributed by atoms with Gasteiger partial charge in [-0.1, -0.05) is 26.2 Å². The lowest BCUT2D eigenvalue weighted by molar-refractivity contribution is -0.138. The first kappa shape index (κ1) is 15.8. The van der Waals surface area contributed by atoms with Gasteiger partial charge in [-0.25, -0.2) is 4.79 Å². The van der Waals surface area contributed by atoms with Crippen LogP contribution >= 0.6 is 0 Å². The van der Waals surface area contributed by atoms with Crippen LogP contribution in [-0.2, 0) is 4.79 Å². The first-order valence-corrected chi connectivity index (χ1v) is 7.32. The van der Waals surface area contributed by atoms with Crippen LogP contribution in [0, 0.1) is 0 Å². The van der Waals surface area contributed by atoms with Crippen molar-refractivity contribution in [3.63, 3.8) is 0 Å². The molecule has 0 aromatic rings. The van der Waals surface area contributed by atoms with Crippen LogP contribution in [0.1, 0.15) is 58.8 Å². The number of aliphatic carboxylic acids is 1. The molecule has 5 heteroatoms. The molecule has 2 N–H and O–H groups in total. The fourth-order valence-electron chi connectivity index (χ4n) is 2.75. The minimum atomic E-state index is -0.834. The van der Waals surface area contributed by atoms with Gasteiger partial charge in [0.1, 0.15) is 0 Å². The summed E-state index contributed by atoms with van der Waals surface area (Å²) < 4.78 is 0. The Hall–Kier alpha value is -1.26. The van der Waals surface area contributed by atoms with Gasteiger partial charge in [-0.2, -0.15) is 0 Å². The summed E-state index contributed by atoms with van der Waals surface area (Å²) in [5.41, 5.74) is -0.525. The van der Waals surface area contributed by atoms with Gasteiger partial charge in [-0.05, 0) is 26.2 Å². The van der Waals surface area contributed by atoms with Crippen molar-refractivity contribution in [2.45, 2.75) is 64.3 Å². The standard InChI is InChI=1S/C14H26N2O3/c1-3-5-10-16(4-2)13(19)15-14(11-12(17)18)8-6-7-9-14/h3-11H2,1-2H3,(H,15,19)(H,17,18). The molecule has 19 heavy (non-hydrogen) atoms. The van der Waals surface area contributed by atoms with Crippen LogP contribution in [0.15, 0.2) is 0 Å². The van der Waals surface area contributed by atoms with E-state index < -0.39 is 11.5 Å². The predicted octanol–water partition coefficient (Wildman–Crippen LogP) is 2.61. The molecule has 1 saturated carbocycles. The zero-order valence-electron chi connectivity index (χ0n) is 12.1. The number of urea groups is 1. The van der Waals surface area contributed by atoms with Gasteiger partial charge in [0.05, 0.1) is 12.0 Å². The third-order valence-corrected chi connectivity index (χ3v) is 3.87. The van der Waals surface area contributed by atoms with E-state index in [2.05, 4.69) is 12.2 Å². The number of hydrogen-bond acceptors (Lipinski definition) is 2. The molecule has 0 aromatic heterocycles. The highest BCUT2D eigenvalue weighted by molar-refractivity contribution is 5.77. The Balaban J connectivity index is 2.62. The van der Waals surface area contributed by atoms with Crippen molar-refractivity contribution in [2.75, 3.05) is 13.1 Å². The minimum Gasteiger partial charge on any atom is -0.481 e. The topological polar surface area (TPSA) is 69.6 Å². The smallest absolute Gasteiger partial charge is 0.317 e. The second kappa shape index (κ2) is 7.36. The summed E-state index contributed by atoms with van der Waals surface area (Å²) in [7, 11) is 0. The third kappa shape index (κ3) is 4.73. The predicted molar refractivity (Wildman–Crippen MR) is 74.1 cm³/mol. The number of hydrogen-bond donors (Lipinski definition) is 2. The lowest BCUT2D eigenvalue weighted by Gasteiger charge is -2.32. The van der Waals surface area contributed by atoms with Crippen molar-refractivity contribution < 1.29 is 14.7 Å². The quantitative estimate of drug-likeness (QED) is 0.747. The van der Waals surface area contributed by atoms with Gasteiger partial charge >= 0.3 is 12.0 Å². The van der Waals surface area contributed by atoms with Crippen molar-refractivity contribution in [2.24, 2.45) is 0 Å². The first-order chi connectivity index (χ1) is 9.03. The van der Waals surface area contributed by atoms with Gasteiger partial charge in [0.25, 0.3) is 0 Å². The first-order valence-electron chi connectivity index (χ1n) is 7.32. The van der Waals surface area contributed by atoms with E-state index in [1.807, 2.05) is 6.92 Å². The number of carbonyl (C=O) groups excluding carboxylic acids is 1. The molecule has 0 bridgehead atoms. The van der Waals surface area contributed by atoms with Crippen molar-refractivity contribution in [1.82, 2.24) is 10.2 Å². The number of carboxylic acids is 1. The number of nitrogens with one attached hydrogen (secondary N) is 1. The highest BCUT2D eigenvalue weighted by Gasteiger charge is 2.38. The summed E-state index contributed by atoms with van der Waals surface area (Å²) in [5, 5.41) is 12.0. The highest BCUT2D eigenvalue weighted by atomic mass is 16.4. The van der Waals surface area contributed by atoms with Gasteiger partial charge < -0.3 is 15.3 Å². The summed E-state index contributed by atoms with van der Waals surface area (Å²) >= 11 is 0. The van der Waals surface area contributed by atoms with E-state index in [-0.39, 0.29) is 12.5 Å². The monoisotopic (exact) mass is 270 g/mol. The van der Waals surface area contributed by atoms with Crippen molar-refractivity contribution >= 4 is 12.0 Å². The maximum atomic E-state index is 12.2. The molecule has 110 valence electrons. The SMILES string of the molecule is CCCCN(CC)C(=O)NC1(CC(=O)O)CCCC1. The van der Waals surface area contributed by atoms with Crippen molar-refractivity contribution in [3.05, 3.63) is 0 Å². The Bertz CT molecular complexity index is 312. The third-order valence-electron chi connectivity index (χ3n) is 3.87. The van der Waals surface area contributed by atoms with Crippen LogP contribution in [-0.4, -0.2) is 40.6 Å². The summed E-state index contributed by atoms with van der Waals surface area (Å²) in [6.07, 6.45) is 5.59. The molecule has 2 amide bonds. The molecule has 0 aromatic carbocycles. The normalized spacial score (nSPS) is 17.2. The minimum absolute atomic E-state index is 0.0318. The zero-order valence-corrected chi connectivity index (χ0v) is 12.1. The number of amides is 2. The second-order valence-electron chi connectivity index (χ2n) is 5.42. The van der Waals surface area contributed by atoms with E-state index in [0.29, 0.717) is 6.54 Å². The van der Waals surface area contributed by atoms with Crippen LogP contribution in [0.2, 0.25) is 0 Å². The average Bonchev–Trinajstić information content (AvgIpc) is 2.77. The van der Waals surface area contributed by atoms with Crippen LogP contribution in [0.5, 0.6) is 0 Å².